The Bertz CT molecular complexity index is 1880. The first kappa shape index (κ1) is 37.3. The number of aromatic nitrogens is 2. The molecule has 0 aliphatic heterocycles. The first-order chi connectivity index (χ1) is 23.4. The monoisotopic (exact) mass is 733 g/mol. The van der Waals surface area contributed by atoms with Crippen LogP contribution in [-0.4, -0.2) is 30.2 Å². The number of halogens is 3. The number of carbonyl (C=O) groups excluding carboxylic acids is 1. The molecule has 0 spiro atoms. The minimum atomic E-state index is -0.814. The minimum Gasteiger partial charge on any atom is -1.00 e. The van der Waals surface area contributed by atoms with Crippen molar-refractivity contribution in [3.63, 3.8) is 0 Å². The van der Waals surface area contributed by atoms with E-state index in [1.807, 2.05) is 49.4 Å². The summed E-state index contributed by atoms with van der Waals surface area (Å²) in [5, 5.41) is 0.310. The molecule has 0 bridgehead atoms. The summed E-state index contributed by atoms with van der Waals surface area (Å²) in [6.07, 6.45) is 12.3. The van der Waals surface area contributed by atoms with Crippen LogP contribution >= 0.6 is 0 Å². The Hall–Kier alpha value is -4.57. The second-order valence-electron chi connectivity index (χ2n) is 11.6. The number of aryl methyl sites for hydroxylation is 1. The quantitative estimate of drug-likeness (QED) is 0.105. The summed E-state index contributed by atoms with van der Waals surface area (Å²) in [4.78, 5) is 28.9. The van der Waals surface area contributed by atoms with E-state index in [1.54, 1.807) is 29.7 Å². The zero-order valence-corrected chi connectivity index (χ0v) is 29.5. The standard InChI is InChI=1S/C39H42F2N3O4.BrH/c1-3-43(32-24-29(40)23-30(41)25-32)39(46)36-28-44(31-15-14-16-33(26-31)47-4-2)37-27-34(17-18-35(37)38(36)45)48-22-13-8-6-5-7-10-19-42-20-11-9-12-21-42;/h9,11-12,14-18,20-21,23-28H,3-8,10,13,19,22H2,1-2H3;1H/q+1;/p-1. The Balaban J connectivity index is 0.00000541. The van der Waals surface area contributed by atoms with Crippen molar-refractivity contribution in [2.45, 2.75) is 58.9 Å². The predicted octanol–water partition coefficient (Wildman–Crippen LogP) is 5.05. The maximum Gasteiger partial charge on any atom is 0.263 e. The molecule has 0 saturated heterocycles. The van der Waals surface area contributed by atoms with Gasteiger partial charge in [0.1, 0.15) is 35.2 Å². The third kappa shape index (κ3) is 9.75. The van der Waals surface area contributed by atoms with Crippen molar-refractivity contribution in [3.05, 3.63) is 125 Å². The molecule has 0 aliphatic carbocycles. The van der Waals surface area contributed by atoms with Crippen LogP contribution in [0.2, 0.25) is 0 Å². The molecule has 0 atom stereocenters. The van der Waals surface area contributed by atoms with Crippen LogP contribution in [0.15, 0.2) is 102 Å². The lowest BCUT2D eigenvalue weighted by Crippen LogP contribution is -3.00. The zero-order chi connectivity index (χ0) is 33.9. The lowest BCUT2D eigenvalue weighted by molar-refractivity contribution is -0.697. The summed E-state index contributed by atoms with van der Waals surface area (Å²) in [7, 11) is 0. The molecule has 5 rings (SSSR count). The Morgan fingerprint density at radius 1 is 0.796 bits per heavy atom. The molecule has 0 fully saturated rings. The van der Waals surface area contributed by atoms with Crippen LogP contribution in [0.1, 0.15) is 62.7 Å². The maximum atomic E-state index is 14.1. The molecule has 5 aromatic rings. The molecule has 2 heterocycles. The number of rotatable bonds is 16. The van der Waals surface area contributed by atoms with Crippen molar-refractivity contribution in [2.24, 2.45) is 0 Å². The first-order valence-corrected chi connectivity index (χ1v) is 16.7. The van der Waals surface area contributed by atoms with Gasteiger partial charge in [0.25, 0.3) is 5.91 Å². The fraction of sp³-hybridized carbons (Fsp3) is 0.308. The van der Waals surface area contributed by atoms with Crippen molar-refractivity contribution in [1.82, 2.24) is 4.57 Å². The van der Waals surface area contributed by atoms with Gasteiger partial charge in [0.05, 0.1) is 18.7 Å². The Morgan fingerprint density at radius 2 is 1.49 bits per heavy atom. The van der Waals surface area contributed by atoms with Gasteiger partial charge in [-0.25, -0.2) is 13.3 Å². The van der Waals surface area contributed by atoms with Crippen LogP contribution in [0.3, 0.4) is 0 Å². The van der Waals surface area contributed by atoms with Gasteiger partial charge in [-0.15, -0.1) is 0 Å². The molecule has 0 unspecified atom stereocenters. The largest absolute Gasteiger partial charge is 1.00 e. The number of amides is 1. The molecule has 7 nitrogen and oxygen atoms in total. The molecule has 2 aromatic heterocycles. The average molecular weight is 735 g/mol. The molecular weight excluding hydrogens is 692 g/mol. The van der Waals surface area contributed by atoms with Crippen molar-refractivity contribution in [3.8, 4) is 17.2 Å². The SMILES string of the molecule is CCOc1cccc(-n2cc(C(=O)N(CC)c3cc(F)cc(F)c3)c(=O)c3ccc(OCCCCCCCC[n+]4ccccc4)cc32)c1.[Br-]. The fourth-order valence-corrected chi connectivity index (χ4v) is 5.81. The molecule has 258 valence electrons. The molecule has 49 heavy (non-hydrogen) atoms. The summed E-state index contributed by atoms with van der Waals surface area (Å²) >= 11 is 0. The Kier molecular flexibility index (Phi) is 13.9. The van der Waals surface area contributed by atoms with Crippen LogP contribution in [0.5, 0.6) is 11.5 Å². The van der Waals surface area contributed by atoms with Gasteiger partial charge in [-0.05, 0) is 63.1 Å². The maximum absolute atomic E-state index is 14.1. The van der Waals surface area contributed by atoms with Crippen LogP contribution < -0.4 is 41.4 Å². The first-order valence-electron chi connectivity index (χ1n) is 16.7. The molecule has 0 radical (unpaired) electrons. The highest BCUT2D eigenvalue weighted by Gasteiger charge is 2.23. The number of nitrogens with zero attached hydrogens (tertiary/aromatic N) is 3. The van der Waals surface area contributed by atoms with Crippen molar-refractivity contribution < 1.29 is 44.6 Å². The van der Waals surface area contributed by atoms with E-state index in [0.717, 1.165) is 50.4 Å². The third-order valence-corrected chi connectivity index (χ3v) is 8.19. The van der Waals surface area contributed by atoms with Gasteiger partial charge < -0.3 is 35.9 Å². The third-order valence-electron chi connectivity index (χ3n) is 8.19. The highest BCUT2D eigenvalue weighted by Crippen LogP contribution is 2.27. The van der Waals surface area contributed by atoms with Gasteiger partial charge in [0.15, 0.2) is 12.4 Å². The topological polar surface area (TPSA) is 64.6 Å². The van der Waals surface area contributed by atoms with E-state index in [-0.39, 0.29) is 34.8 Å². The zero-order valence-electron chi connectivity index (χ0n) is 27.9. The number of hydrogen-bond donors (Lipinski definition) is 0. The number of fused-ring (bicyclic) bond motifs is 1. The number of unbranched alkanes of at least 4 members (excludes halogenated alkanes) is 5. The number of benzene rings is 3. The van der Waals surface area contributed by atoms with Crippen molar-refractivity contribution in [2.75, 3.05) is 24.7 Å². The number of anilines is 1. The van der Waals surface area contributed by atoms with Gasteiger partial charge in [0, 0.05) is 66.3 Å². The van der Waals surface area contributed by atoms with E-state index in [1.165, 1.54) is 23.9 Å². The smallest absolute Gasteiger partial charge is 0.263 e. The predicted molar refractivity (Wildman–Crippen MR) is 184 cm³/mol. The average Bonchev–Trinajstić information content (AvgIpc) is 3.08. The number of pyridine rings is 2. The highest BCUT2D eigenvalue weighted by molar-refractivity contribution is 6.07. The Morgan fingerprint density at radius 3 is 2.20 bits per heavy atom. The molecular formula is C39H42BrF2N3O4. The summed E-state index contributed by atoms with van der Waals surface area (Å²) in [5.74, 6) is -1.05. The van der Waals surface area contributed by atoms with E-state index in [0.29, 0.717) is 41.3 Å². The molecule has 0 saturated carbocycles. The lowest BCUT2D eigenvalue weighted by atomic mass is 10.1. The van der Waals surface area contributed by atoms with Crippen molar-refractivity contribution in [1.29, 1.82) is 0 Å². The summed E-state index contributed by atoms with van der Waals surface area (Å²) in [6.45, 7) is 5.72. The summed E-state index contributed by atoms with van der Waals surface area (Å²) in [6, 6.07) is 21.6. The number of carbonyl (C=O) groups is 1. The van der Waals surface area contributed by atoms with E-state index >= 15 is 0 Å². The molecule has 10 heteroatoms. The molecule has 0 N–H and O–H groups in total. The fourth-order valence-electron chi connectivity index (χ4n) is 5.81. The van der Waals surface area contributed by atoms with Crippen LogP contribution in [-0.2, 0) is 6.54 Å². The summed E-state index contributed by atoms with van der Waals surface area (Å²) < 4.78 is 44.0. The lowest BCUT2D eigenvalue weighted by Gasteiger charge is -2.22. The molecule has 3 aromatic carbocycles. The van der Waals surface area contributed by atoms with Gasteiger partial charge >= 0.3 is 0 Å². The summed E-state index contributed by atoms with van der Waals surface area (Å²) in [5.41, 5.74) is 0.632. The number of ether oxygens (including phenoxy) is 2. The molecule has 0 aliphatic rings. The Labute approximate surface area is 296 Å². The van der Waals surface area contributed by atoms with Crippen LogP contribution in [0, 0.1) is 11.6 Å². The van der Waals surface area contributed by atoms with Gasteiger partial charge in [-0.3, -0.25) is 9.59 Å². The number of hydrogen-bond acceptors (Lipinski definition) is 4. The van der Waals surface area contributed by atoms with Gasteiger partial charge in [0.2, 0.25) is 5.43 Å². The van der Waals surface area contributed by atoms with Gasteiger partial charge in [-0.1, -0.05) is 31.4 Å². The van der Waals surface area contributed by atoms with Crippen LogP contribution in [0.4, 0.5) is 14.5 Å². The highest BCUT2D eigenvalue weighted by atomic mass is 79.9. The van der Waals surface area contributed by atoms with E-state index < -0.39 is 23.0 Å². The van der Waals surface area contributed by atoms with Crippen LogP contribution in [0.25, 0.3) is 16.6 Å². The second kappa shape index (κ2) is 18.3. The van der Waals surface area contributed by atoms with E-state index in [9.17, 15) is 18.4 Å². The van der Waals surface area contributed by atoms with E-state index in [4.69, 9.17) is 9.47 Å². The van der Waals surface area contributed by atoms with Crippen molar-refractivity contribution >= 4 is 22.5 Å². The minimum absolute atomic E-state index is 0. The van der Waals surface area contributed by atoms with Gasteiger partial charge in [-0.2, -0.15) is 0 Å². The second-order valence-corrected chi connectivity index (χ2v) is 11.6. The van der Waals surface area contributed by atoms with E-state index in [2.05, 4.69) is 17.0 Å². The normalized spacial score (nSPS) is 10.9. The molecule has 1 amide bonds.